The molecule has 4 aromatic rings. The van der Waals surface area contributed by atoms with E-state index in [2.05, 4.69) is 10.1 Å². The molecule has 166 valence electrons. The largest absolute Gasteiger partial charge is 0.433 e. The van der Waals surface area contributed by atoms with Crippen LogP contribution in [0.4, 0.5) is 13.2 Å². The Morgan fingerprint density at radius 3 is 2.34 bits per heavy atom. The molecule has 0 saturated carbocycles. The summed E-state index contributed by atoms with van der Waals surface area (Å²) in [5.74, 6) is -0.773. The third-order valence-corrected chi connectivity index (χ3v) is 6.53. The van der Waals surface area contributed by atoms with Crippen LogP contribution in [0.3, 0.4) is 0 Å². The Kier molecular flexibility index (Phi) is 5.33. The smallest absolute Gasteiger partial charge is 0.251 e. The highest BCUT2D eigenvalue weighted by Gasteiger charge is 2.32. The van der Waals surface area contributed by atoms with Crippen molar-refractivity contribution in [3.05, 3.63) is 87.2 Å². The minimum absolute atomic E-state index is 0.0339. The summed E-state index contributed by atoms with van der Waals surface area (Å²) in [4.78, 5) is 15.9. The minimum Gasteiger partial charge on any atom is -0.251 e. The lowest BCUT2D eigenvalue weighted by atomic mass is 10.1. The molecule has 12 heteroatoms. The van der Waals surface area contributed by atoms with E-state index in [0.29, 0.717) is 11.6 Å². The monoisotopic (exact) mass is 482 g/mol. The molecule has 32 heavy (non-hydrogen) atoms. The summed E-state index contributed by atoms with van der Waals surface area (Å²) in [7, 11) is -4.36. The van der Waals surface area contributed by atoms with Crippen molar-refractivity contribution < 1.29 is 21.6 Å². The Morgan fingerprint density at radius 1 is 1.06 bits per heavy atom. The second-order valence-electron chi connectivity index (χ2n) is 7.03. The van der Waals surface area contributed by atoms with Gasteiger partial charge in [0.1, 0.15) is 5.69 Å². The van der Waals surface area contributed by atoms with Gasteiger partial charge in [0.15, 0.2) is 5.65 Å². The summed E-state index contributed by atoms with van der Waals surface area (Å²) in [6.45, 7) is 1.92. The lowest BCUT2D eigenvalue weighted by molar-refractivity contribution is -0.141. The van der Waals surface area contributed by atoms with Crippen LogP contribution in [-0.4, -0.2) is 27.0 Å². The second-order valence-corrected chi connectivity index (χ2v) is 9.21. The minimum atomic E-state index is -4.65. The first-order valence-electron chi connectivity index (χ1n) is 9.10. The quantitative estimate of drug-likeness (QED) is 0.440. The lowest BCUT2D eigenvalue weighted by Crippen LogP contribution is -2.29. The van der Waals surface area contributed by atoms with Crippen molar-refractivity contribution in [2.75, 3.05) is 0 Å². The third-order valence-electron chi connectivity index (χ3n) is 4.70. The maximum absolute atomic E-state index is 12.8. The van der Waals surface area contributed by atoms with Crippen molar-refractivity contribution in [2.45, 2.75) is 18.9 Å². The van der Waals surface area contributed by atoms with E-state index in [9.17, 15) is 26.4 Å². The Labute approximate surface area is 184 Å². The van der Waals surface area contributed by atoms with Crippen LogP contribution in [0, 0.1) is 6.92 Å². The highest BCUT2D eigenvalue weighted by molar-refractivity contribution is 7.89. The summed E-state index contributed by atoms with van der Waals surface area (Å²) in [5, 5.41) is 3.97. The Morgan fingerprint density at radius 2 is 1.75 bits per heavy atom. The molecule has 0 atom stereocenters. The van der Waals surface area contributed by atoms with Crippen molar-refractivity contribution in [2.24, 2.45) is 0 Å². The summed E-state index contributed by atoms with van der Waals surface area (Å²) in [6.07, 6.45) is -2.50. The summed E-state index contributed by atoms with van der Waals surface area (Å²) in [6, 6.07) is 10.6. The molecule has 0 bridgehead atoms. The molecular weight excluding hydrogens is 469 g/mol. The van der Waals surface area contributed by atoms with E-state index in [4.69, 9.17) is 11.6 Å². The first-order valence-corrected chi connectivity index (χ1v) is 11.1. The van der Waals surface area contributed by atoms with E-state index in [0.717, 1.165) is 27.8 Å². The highest BCUT2D eigenvalue weighted by atomic mass is 35.5. The van der Waals surface area contributed by atoms with E-state index >= 15 is 0 Å². The van der Waals surface area contributed by atoms with Gasteiger partial charge in [0, 0.05) is 18.0 Å². The molecular formula is C20H14ClF3N4O3S. The van der Waals surface area contributed by atoms with E-state index in [1.54, 1.807) is 6.07 Å². The summed E-state index contributed by atoms with van der Waals surface area (Å²) < 4.78 is 64.8. The predicted octanol–water partition coefficient (Wildman–Crippen LogP) is 3.92. The van der Waals surface area contributed by atoms with Crippen LogP contribution in [0.1, 0.15) is 16.8 Å². The van der Waals surface area contributed by atoms with Crippen molar-refractivity contribution >= 4 is 27.3 Å². The Hall–Kier alpha value is -3.18. The number of halogens is 4. The molecule has 0 aliphatic rings. The molecule has 1 aromatic carbocycles. The Bertz CT molecular complexity index is 1480. The van der Waals surface area contributed by atoms with E-state index in [1.165, 1.54) is 6.20 Å². The molecule has 0 aliphatic heterocycles. The molecule has 0 aliphatic carbocycles. The summed E-state index contributed by atoms with van der Waals surface area (Å²) >= 11 is 6.42. The molecule has 0 amide bonds. The first-order chi connectivity index (χ1) is 15.0. The average molecular weight is 483 g/mol. The van der Waals surface area contributed by atoms with Crippen molar-refractivity contribution in [1.29, 1.82) is 0 Å². The van der Waals surface area contributed by atoms with Crippen molar-refractivity contribution in [3.8, 4) is 11.1 Å². The second kappa shape index (κ2) is 7.75. The average Bonchev–Trinajstić information content (AvgIpc) is 3.07. The maximum atomic E-state index is 12.8. The number of rotatable bonds is 4. The van der Waals surface area contributed by atoms with Crippen molar-refractivity contribution in [1.82, 2.24) is 18.6 Å². The molecule has 0 N–H and O–H groups in total. The van der Waals surface area contributed by atoms with Crippen LogP contribution < -0.4 is 5.69 Å². The van der Waals surface area contributed by atoms with Crippen LogP contribution in [0.2, 0.25) is 5.02 Å². The number of nitrogens with zero attached hydrogens (tertiary/aromatic N) is 4. The normalized spacial score (nSPS) is 12.4. The number of alkyl halides is 3. The highest BCUT2D eigenvalue weighted by Crippen LogP contribution is 2.30. The van der Waals surface area contributed by atoms with Gasteiger partial charge in [-0.3, -0.25) is 4.98 Å². The van der Waals surface area contributed by atoms with Gasteiger partial charge in [-0.05, 0) is 30.2 Å². The molecule has 0 fully saturated rings. The fourth-order valence-electron chi connectivity index (χ4n) is 3.07. The van der Waals surface area contributed by atoms with Crippen LogP contribution >= 0.6 is 11.6 Å². The van der Waals surface area contributed by atoms with Crippen LogP contribution in [0.15, 0.2) is 59.7 Å². The zero-order chi connectivity index (χ0) is 23.3. The molecule has 4 rings (SSSR count). The number of benzene rings is 1. The van der Waals surface area contributed by atoms with Gasteiger partial charge < -0.3 is 0 Å². The number of pyridine rings is 2. The number of aryl methyl sites for hydroxylation is 1. The maximum Gasteiger partial charge on any atom is 0.433 e. The molecule has 0 unspecified atom stereocenters. The lowest BCUT2D eigenvalue weighted by Gasteiger charge is -2.06. The van der Waals surface area contributed by atoms with Crippen LogP contribution in [0.5, 0.6) is 0 Å². The fourth-order valence-corrected chi connectivity index (χ4v) is 4.62. The van der Waals surface area contributed by atoms with Crippen LogP contribution in [0.25, 0.3) is 16.8 Å². The van der Waals surface area contributed by atoms with Crippen LogP contribution in [-0.2, 0) is 22.0 Å². The number of hydrogen-bond acceptors (Lipinski definition) is 5. The molecule has 0 spiro atoms. The third kappa shape index (κ3) is 4.00. The zero-order valence-corrected chi connectivity index (χ0v) is 17.9. The predicted molar refractivity (Wildman–Crippen MR) is 112 cm³/mol. The first kappa shape index (κ1) is 22.0. The van der Waals surface area contributed by atoms with Gasteiger partial charge in [-0.1, -0.05) is 47.5 Å². The standard InChI is InChI=1S/C20H14ClF3N4O3S/c1-12-2-5-14(6-3-12)15-8-9-27-18(17(15)21)26-28(19(27)29)32(30,31)11-13-4-7-16(25-10-13)20(22,23)24/h2-10H,11H2,1H3. The zero-order valence-electron chi connectivity index (χ0n) is 16.3. The van der Waals surface area contributed by atoms with Gasteiger partial charge in [-0.25, -0.2) is 17.6 Å². The summed E-state index contributed by atoms with van der Waals surface area (Å²) in [5.41, 5.74) is 0.119. The molecule has 7 nitrogen and oxygen atoms in total. The van der Waals surface area contributed by atoms with Gasteiger partial charge in [0.05, 0.1) is 10.8 Å². The van der Waals surface area contributed by atoms with Crippen molar-refractivity contribution in [3.63, 3.8) is 0 Å². The molecule has 0 radical (unpaired) electrons. The number of fused-ring (bicyclic) bond motifs is 1. The Balaban J connectivity index is 1.74. The fraction of sp³-hybridized carbons (Fsp3) is 0.150. The van der Waals surface area contributed by atoms with E-state index in [-0.39, 0.29) is 20.3 Å². The number of hydrogen-bond donors (Lipinski definition) is 0. The number of aromatic nitrogens is 4. The van der Waals surface area contributed by atoms with E-state index in [1.807, 2.05) is 31.2 Å². The van der Waals surface area contributed by atoms with Gasteiger partial charge in [0.2, 0.25) is 0 Å². The molecule has 3 aromatic heterocycles. The topological polar surface area (TPSA) is 86.3 Å². The molecule has 0 saturated heterocycles. The van der Waals surface area contributed by atoms with Gasteiger partial charge >= 0.3 is 11.9 Å². The van der Waals surface area contributed by atoms with Gasteiger partial charge in [-0.2, -0.15) is 13.2 Å². The SMILES string of the molecule is Cc1ccc(-c2ccn3c(=O)n(S(=O)(=O)Cc4ccc(C(F)(F)F)nc4)nc3c2Cl)cc1. The van der Waals surface area contributed by atoms with E-state index < -0.39 is 33.3 Å². The molecule has 3 heterocycles. The van der Waals surface area contributed by atoms with Gasteiger partial charge in [0.25, 0.3) is 10.0 Å². The van der Waals surface area contributed by atoms with Gasteiger partial charge in [-0.15, -0.1) is 9.19 Å².